The van der Waals surface area contributed by atoms with Crippen LogP contribution in [0.4, 0.5) is 0 Å². The van der Waals surface area contributed by atoms with Crippen molar-refractivity contribution in [1.82, 2.24) is 4.90 Å². The van der Waals surface area contributed by atoms with Crippen molar-refractivity contribution in [3.05, 3.63) is 42.0 Å². The molecule has 1 aromatic rings. The summed E-state index contributed by atoms with van der Waals surface area (Å²) in [5, 5.41) is 0. The highest BCUT2D eigenvalue weighted by molar-refractivity contribution is 5.82. The second-order valence-electron chi connectivity index (χ2n) is 4.64. The van der Waals surface area contributed by atoms with Gasteiger partial charge in [-0.2, -0.15) is 0 Å². The van der Waals surface area contributed by atoms with E-state index in [0.717, 1.165) is 13.0 Å². The summed E-state index contributed by atoms with van der Waals surface area (Å²) < 4.78 is 0. The third-order valence-corrected chi connectivity index (χ3v) is 3.42. The van der Waals surface area contributed by atoms with E-state index >= 15 is 0 Å². The molecule has 0 bridgehead atoms. The summed E-state index contributed by atoms with van der Waals surface area (Å²) in [6.45, 7) is 3.39. The lowest BCUT2D eigenvalue weighted by Gasteiger charge is -2.28. The molecule has 0 aromatic heterocycles. The Kier molecular flexibility index (Phi) is 4.15. The van der Waals surface area contributed by atoms with Crippen molar-refractivity contribution in [3.63, 3.8) is 0 Å². The smallest absolute Gasteiger partial charge is 0.239 e. The fraction of sp³-hybridized carbons (Fsp3) is 0.400. The maximum Gasteiger partial charge on any atom is 0.239 e. The number of hydrogen-bond donors (Lipinski definition) is 1. The summed E-state index contributed by atoms with van der Waals surface area (Å²) in [4.78, 5) is 13.8. The lowest BCUT2D eigenvalue weighted by Crippen LogP contribution is -2.45. The third-order valence-electron chi connectivity index (χ3n) is 3.42. The average Bonchev–Trinajstić information content (AvgIpc) is 2.47. The zero-order valence-corrected chi connectivity index (χ0v) is 10.8. The van der Waals surface area contributed by atoms with Crippen LogP contribution in [0.1, 0.15) is 25.3 Å². The Balaban J connectivity index is 2.02. The predicted octanol–water partition coefficient (Wildman–Crippen LogP) is 2.04. The highest BCUT2D eigenvalue weighted by atomic mass is 16.2. The zero-order chi connectivity index (χ0) is 13.0. The molecule has 1 heterocycles. The van der Waals surface area contributed by atoms with Crippen LogP contribution in [0.5, 0.6) is 0 Å². The van der Waals surface area contributed by atoms with Gasteiger partial charge in [0.2, 0.25) is 5.91 Å². The molecule has 96 valence electrons. The highest BCUT2D eigenvalue weighted by Gasteiger charge is 2.21. The SMILES string of the molecule is CC[C@H](N)C(=O)N1CC=C(c2ccccc2)CC1. The first-order valence-corrected chi connectivity index (χ1v) is 6.51. The summed E-state index contributed by atoms with van der Waals surface area (Å²) in [5.41, 5.74) is 8.36. The lowest BCUT2D eigenvalue weighted by atomic mass is 9.99. The molecular weight excluding hydrogens is 224 g/mol. The Bertz CT molecular complexity index is 439. The van der Waals surface area contributed by atoms with Crippen molar-refractivity contribution in [1.29, 1.82) is 0 Å². The normalized spacial score (nSPS) is 17.2. The Labute approximate surface area is 108 Å². The van der Waals surface area contributed by atoms with Gasteiger partial charge in [0.1, 0.15) is 0 Å². The van der Waals surface area contributed by atoms with Crippen LogP contribution in [-0.2, 0) is 4.79 Å². The maximum atomic E-state index is 11.9. The van der Waals surface area contributed by atoms with E-state index in [2.05, 4.69) is 18.2 Å². The number of nitrogens with two attached hydrogens (primary N) is 1. The standard InChI is InChI=1S/C15H20N2O/c1-2-14(16)15(18)17-10-8-13(9-11-17)12-6-4-3-5-7-12/h3-8,14H,2,9-11,16H2,1H3/t14-/m0/s1. The summed E-state index contributed by atoms with van der Waals surface area (Å²) in [5.74, 6) is 0.0702. The fourth-order valence-electron chi connectivity index (χ4n) is 2.19. The molecule has 1 amide bonds. The Hall–Kier alpha value is -1.61. The number of hydrogen-bond acceptors (Lipinski definition) is 2. The van der Waals surface area contributed by atoms with Crippen molar-refractivity contribution in [2.45, 2.75) is 25.8 Å². The van der Waals surface area contributed by atoms with Gasteiger partial charge >= 0.3 is 0 Å². The summed E-state index contributed by atoms with van der Waals surface area (Å²) in [6, 6.07) is 9.98. The minimum Gasteiger partial charge on any atom is -0.337 e. The summed E-state index contributed by atoms with van der Waals surface area (Å²) >= 11 is 0. The zero-order valence-electron chi connectivity index (χ0n) is 10.8. The van der Waals surface area contributed by atoms with Gasteiger partial charge in [-0.25, -0.2) is 0 Å². The Morgan fingerprint density at radius 1 is 1.39 bits per heavy atom. The van der Waals surface area contributed by atoms with Gasteiger partial charge in [0, 0.05) is 13.1 Å². The van der Waals surface area contributed by atoms with E-state index in [-0.39, 0.29) is 11.9 Å². The topological polar surface area (TPSA) is 46.3 Å². The first kappa shape index (κ1) is 12.8. The number of carbonyl (C=O) groups excluding carboxylic acids is 1. The van der Waals surface area contributed by atoms with Gasteiger partial charge in [-0.1, -0.05) is 43.3 Å². The van der Waals surface area contributed by atoms with E-state index in [0.29, 0.717) is 13.0 Å². The van der Waals surface area contributed by atoms with Crippen LogP contribution in [0, 0.1) is 0 Å². The summed E-state index contributed by atoms with van der Waals surface area (Å²) in [6.07, 6.45) is 3.75. The number of carbonyl (C=O) groups is 1. The Morgan fingerprint density at radius 3 is 2.67 bits per heavy atom. The van der Waals surface area contributed by atoms with Crippen LogP contribution in [0.25, 0.3) is 5.57 Å². The molecule has 1 atom stereocenters. The first-order valence-electron chi connectivity index (χ1n) is 6.51. The molecule has 2 rings (SSSR count). The van der Waals surface area contributed by atoms with Gasteiger partial charge in [-0.15, -0.1) is 0 Å². The van der Waals surface area contributed by atoms with Gasteiger partial charge < -0.3 is 10.6 Å². The van der Waals surface area contributed by atoms with Crippen molar-refractivity contribution >= 4 is 11.5 Å². The van der Waals surface area contributed by atoms with E-state index in [1.165, 1.54) is 11.1 Å². The maximum absolute atomic E-state index is 11.9. The predicted molar refractivity (Wildman–Crippen MR) is 73.9 cm³/mol. The quantitative estimate of drug-likeness (QED) is 0.884. The molecule has 18 heavy (non-hydrogen) atoms. The molecule has 0 unspecified atom stereocenters. The number of benzene rings is 1. The first-order chi connectivity index (χ1) is 8.72. The number of nitrogens with zero attached hydrogens (tertiary/aromatic N) is 1. The molecule has 0 radical (unpaired) electrons. The monoisotopic (exact) mass is 244 g/mol. The van der Waals surface area contributed by atoms with Gasteiger partial charge in [-0.05, 0) is 24.0 Å². The molecular formula is C15H20N2O. The van der Waals surface area contributed by atoms with E-state index in [9.17, 15) is 4.79 Å². The molecule has 3 heteroatoms. The summed E-state index contributed by atoms with van der Waals surface area (Å²) in [7, 11) is 0. The van der Waals surface area contributed by atoms with E-state index in [1.54, 1.807) is 0 Å². The molecule has 1 aliphatic heterocycles. The van der Waals surface area contributed by atoms with Crippen molar-refractivity contribution in [2.75, 3.05) is 13.1 Å². The fourth-order valence-corrected chi connectivity index (χ4v) is 2.19. The van der Waals surface area contributed by atoms with Gasteiger partial charge in [0.05, 0.1) is 6.04 Å². The molecule has 0 saturated heterocycles. The largest absolute Gasteiger partial charge is 0.337 e. The number of rotatable bonds is 3. The van der Waals surface area contributed by atoms with E-state index in [4.69, 9.17) is 5.73 Å². The van der Waals surface area contributed by atoms with Crippen LogP contribution < -0.4 is 5.73 Å². The molecule has 1 aromatic carbocycles. The molecule has 1 aliphatic rings. The van der Waals surface area contributed by atoms with Crippen LogP contribution in [0.2, 0.25) is 0 Å². The van der Waals surface area contributed by atoms with Crippen LogP contribution in [0.3, 0.4) is 0 Å². The highest BCUT2D eigenvalue weighted by Crippen LogP contribution is 2.22. The molecule has 0 spiro atoms. The minimum absolute atomic E-state index is 0.0702. The lowest BCUT2D eigenvalue weighted by molar-refractivity contribution is -0.132. The average molecular weight is 244 g/mol. The minimum atomic E-state index is -0.350. The Morgan fingerprint density at radius 2 is 2.11 bits per heavy atom. The molecule has 0 aliphatic carbocycles. The van der Waals surface area contributed by atoms with Gasteiger partial charge in [-0.3, -0.25) is 4.79 Å². The van der Waals surface area contributed by atoms with Crippen LogP contribution in [0.15, 0.2) is 36.4 Å². The third kappa shape index (κ3) is 2.79. The van der Waals surface area contributed by atoms with Crippen LogP contribution in [-0.4, -0.2) is 29.9 Å². The van der Waals surface area contributed by atoms with E-state index < -0.39 is 0 Å². The van der Waals surface area contributed by atoms with Crippen molar-refractivity contribution in [3.8, 4) is 0 Å². The molecule has 0 saturated carbocycles. The van der Waals surface area contributed by atoms with E-state index in [1.807, 2.05) is 30.0 Å². The van der Waals surface area contributed by atoms with Gasteiger partial charge in [0.25, 0.3) is 0 Å². The molecule has 0 fully saturated rings. The second-order valence-corrected chi connectivity index (χ2v) is 4.64. The van der Waals surface area contributed by atoms with Crippen LogP contribution >= 0.6 is 0 Å². The number of amides is 1. The van der Waals surface area contributed by atoms with Crippen molar-refractivity contribution < 1.29 is 4.79 Å². The second kappa shape index (κ2) is 5.83. The molecule has 2 N–H and O–H groups in total. The molecule has 3 nitrogen and oxygen atoms in total. The van der Waals surface area contributed by atoms with Gasteiger partial charge in [0.15, 0.2) is 0 Å². The van der Waals surface area contributed by atoms with Crippen molar-refractivity contribution in [2.24, 2.45) is 5.73 Å².